The van der Waals surface area contributed by atoms with Crippen LogP contribution in [-0.2, 0) is 6.42 Å². The van der Waals surface area contributed by atoms with Crippen molar-refractivity contribution in [2.45, 2.75) is 13.3 Å². The second-order valence-corrected chi connectivity index (χ2v) is 6.04. The highest BCUT2D eigenvalue weighted by Gasteiger charge is 2.18. The SMILES string of the molecule is CCc1ccc2cc(C(N)=O)c(=O)[nH]c2c1C(=O)Nc1ccsc1. The Kier molecular flexibility index (Phi) is 4.18. The highest BCUT2D eigenvalue weighted by atomic mass is 32.1. The fraction of sp³-hybridized carbons (Fsp3) is 0.118. The first-order valence-corrected chi connectivity index (χ1v) is 8.27. The first-order valence-electron chi connectivity index (χ1n) is 7.33. The van der Waals surface area contributed by atoms with Crippen LogP contribution in [-0.4, -0.2) is 16.8 Å². The second kappa shape index (κ2) is 6.29. The van der Waals surface area contributed by atoms with Crippen molar-refractivity contribution in [1.29, 1.82) is 0 Å². The molecule has 2 amide bonds. The van der Waals surface area contributed by atoms with Crippen LogP contribution in [0.2, 0.25) is 0 Å². The molecule has 0 spiro atoms. The van der Waals surface area contributed by atoms with E-state index in [1.807, 2.05) is 23.8 Å². The number of carbonyl (C=O) groups is 2. The number of rotatable bonds is 4. The third kappa shape index (κ3) is 2.81. The quantitative estimate of drug-likeness (QED) is 0.679. The molecule has 3 aromatic rings. The number of fused-ring (bicyclic) bond motifs is 1. The molecular formula is C17H15N3O3S. The van der Waals surface area contributed by atoms with Crippen molar-refractivity contribution in [3.05, 3.63) is 62.1 Å². The molecule has 2 heterocycles. The molecule has 0 aliphatic heterocycles. The molecule has 6 nitrogen and oxygen atoms in total. The maximum absolute atomic E-state index is 12.7. The summed E-state index contributed by atoms with van der Waals surface area (Å²) in [6, 6.07) is 6.79. The third-order valence-electron chi connectivity index (χ3n) is 3.76. The van der Waals surface area contributed by atoms with Crippen LogP contribution in [0.5, 0.6) is 0 Å². The number of nitrogens with two attached hydrogens (primary N) is 1. The second-order valence-electron chi connectivity index (χ2n) is 5.26. The molecule has 0 fully saturated rings. The van der Waals surface area contributed by atoms with E-state index in [0.29, 0.717) is 28.6 Å². The van der Waals surface area contributed by atoms with Crippen LogP contribution >= 0.6 is 11.3 Å². The number of nitrogens with one attached hydrogen (secondary N) is 2. The van der Waals surface area contributed by atoms with Gasteiger partial charge in [0.05, 0.1) is 16.8 Å². The number of aromatic nitrogens is 1. The molecule has 0 aliphatic rings. The third-order valence-corrected chi connectivity index (χ3v) is 4.44. The van der Waals surface area contributed by atoms with E-state index in [9.17, 15) is 14.4 Å². The van der Waals surface area contributed by atoms with Gasteiger partial charge in [-0.05, 0) is 34.9 Å². The average molecular weight is 341 g/mol. The zero-order valence-electron chi connectivity index (χ0n) is 12.9. The number of hydrogen-bond acceptors (Lipinski definition) is 4. The molecule has 24 heavy (non-hydrogen) atoms. The van der Waals surface area contributed by atoms with Gasteiger partial charge in [-0.15, -0.1) is 0 Å². The minimum atomic E-state index is -0.804. The van der Waals surface area contributed by atoms with Crippen molar-refractivity contribution in [1.82, 2.24) is 4.98 Å². The first-order chi connectivity index (χ1) is 11.5. The Balaban J connectivity index is 2.20. The van der Waals surface area contributed by atoms with E-state index in [1.54, 1.807) is 12.1 Å². The number of amides is 2. The van der Waals surface area contributed by atoms with Crippen molar-refractivity contribution in [2.24, 2.45) is 5.73 Å². The molecule has 0 saturated heterocycles. The van der Waals surface area contributed by atoms with Crippen molar-refractivity contribution in [2.75, 3.05) is 5.32 Å². The van der Waals surface area contributed by atoms with Gasteiger partial charge in [-0.25, -0.2) is 0 Å². The van der Waals surface area contributed by atoms with E-state index in [-0.39, 0.29) is 11.5 Å². The van der Waals surface area contributed by atoms with Gasteiger partial charge in [-0.1, -0.05) is 19.1 Å². The zero-order valence-corrected chi connectivity index (χ0v) is 13.7. The first kappa shape index (κ1) is 15.9. The van der Waals surface area contributed by atoms with Crippen LogP contribution in [0.25, 0.3) is 10.9 Å². The predicted molar refractivity (Wildman–Crippen MR) is 94.7 cm³/mol. The normalized spacial score (nSPS) is 10.7. The molecule has 0 unspecified atom stereocenters. The molecule has 0 saturated carbocycles. The highest BCUT2D eigenvalue weighted by Crippen LogP contribution is 2.23. The molecule has 0 bridgehead atoms. The number of benzene rings is 1. The van der Waals surface area contributed by atoms with Crippen LogP contribution in [0.1, 0.15) is 33.2 Å². The van der Waals surface area contributed by atoms with Crippen LogP contribution in [0.4, 0.5) is 5.69 Å². The number of carbonyl (C=O) groups excluding carboxylic acids is 2. The number of pyridine rings is 1. The van der Waals surface area contributed by atoms with Gasteiger partial charge >= 0.3 is 0 Å². The summed E-state index contributed by atoms with van der Waals surface area (Å²) >= 11 is 1.47. The number of hydrogen-bond donors (Lipinski definition) is 3. The molecule has 122 valence electrons. The smallest absolute Gasteiger partial charge is 0.261 e. The fourth-order valence-electron chi connectivity index (χ4n) is 2.58. The number of primary amides is 1. The maximum atomic E-state index is 12.7. The van der Waals surface area contributed by atoms with E-state index in [0.717, 1.165) is 5.56 Å². The standard InChI is InChI=1S/C17H15N3O3S/c1-2-9-3-4-10-7-12(15(18)21)16(22)20-14(10)13(9)17(23)19-11-5-6-24-8-11/h3-8H,2H2,1H3,(H2,18,21)(H,19,23)(H,20,22). The molecule has 7 heteroatoms. The fourth-order valence-corrected chi connectivity index (χ4v) is 3.17. The summed E-state index contributed by atoms with van der Waals surface area (Å²) in [5.41, 5.74) is 6.78. The van der Waals surface area contributed by atoms with E-state index >= 15 is 0 Å². The predicted octanol–water partition coefficient (Wildman–Crippen LogP) is 2.50. The zero-order chi connectivity index (χ0) is 17.3. The molecule has 0 radical (unpaired) electrons. The van der Waals surface area contributed by atoms with Crippen molar-refractivity contribution in [3.8, 4) is 0 Å². The van der Waals surface area contributed by atoms with Crippen molar-refractivity contribution >= 4 is 39.7 Å². The summed E-state index contributed by atoms with van der Waals surface area (Å²) in [5, 5.41) is 7.08. The Morgan fingerprint density at radius 2 is 2.08 bits per heavy atom. The lowest BCUT2D eigenvalue weighted by molar-refractivity contribution is 0.0997. The Morgan fingerprint density at radius 1 is 1.29 bits per heavy atom. The molecule has 1 aromatic carbocycles. The van der Waals surface area contributed by atoms with Gasteiger partial charge in [0.2, 0.25) is 0 Å². The number of thiophene rings is 1. The highest BCUT2D eigenvalue weighted by molar-refractivity contribution is 7.08. The Bertz CT molecular complexity index is 990. The van der Waals surface area contributed by atoms with E-state index in [1.165, 1.54) is 17.4 Å². The number of aromatic amines is 1. The lowest BCUT2D eigenvalue weighted by atomic mass is 9.99. The molecule has 0 aliphatic carbocycles. The monoisotopic (exact) mass is 341 g/mol. The maximum Gasteiger partial charge on any atom is 0.261 e. The van der Waals surface area contributed by atoms with Gasteiger partial charge < -0.3 is 16.0 Å². The van der Waals surface area contributed by atoms with Crippen molar-refractivity contribution in [3.63, 3.8) is 0 Å². The minimum Gasteiger partial charge on any atom is -0.365 e. The molecular weight excluding hydrogens is 326 g/mol. The lowest BCUT2D eigenvalue weighted by Crippen LogP contribution is -2.24. The van der Waals surface area contributed by atoms with Crippen LogP contribution < -0.4 is 16.6 Å². The van der Waals surface area contributed by atoms with Gasteiger partial charge in [-0.3, -0.25) is 14.4 Å². The van der Waals surface area contributed by atoms with Crippen LogP contribution in [0.3, 0.4) is 0 Å². The van der Waals surface area contributed by atoms with E-state index in [2.05, 4.69) is 10.3 Å². The van der Waals surface area contributed by atoms with Crippen molar-refractivity contribution < 1.29 is 9.59 Å². The van der Waals surface area contributed by atoms with Gasteiger partial charge in [0.15, 0.2) is 0 Å². The Hall–Kier alpha value is -2.93. The topological polar surface area (TPSA) is 105 Å². The summed E-state index contributed by atoms with van der Waals surface area (Å²) in [7, 11) is 0. The van der Waals surface area contributed by atoms with Gasteiger partial charge in [0.1, 0.15) is 5.56 Å². The number of aryl methyl sites for hydroxylation is 1. The number of H-pyrrole nitrogens is 1. The molecule has 3 rings (SSSR count). The van der Waals surface area contributed by atoms with E-state index < -0.39 is 11.5 Å². The minimum absolute atomic E-state index is 0.129. The van der Waals surface area contributed by atoms with Gasteiger partial charge in [0.25, 0.3) is 17.4 Å². The summed E-state index contributed by atoms with van der Waals surface area (Å²) < 4.78 is 0. The Labute approximate surface area is 141 Å². The van der Waals surface area contributed by atoms with E-state index in [4.69, 9.17) is 5.73 Å². The summed E-state index contributed by atoms with van der Waals surface area (Å²) in [6.45, 7) is 1.93. The van der Waals surface area contributed by atoms with Gasteiger partial charge in [0, 0.05) is 5.38 Å². The van der Waals surface area contributed by atoms with Crippen LogP contribution in [0, 0.1) is 0 Å². The average Bonchev–Trinajstić information content (AvgIpc) is 3.05. The molecule has 4 N–H and O–H groups in total. The van der Waals surface area contributed by atoms with Gasteiger partial charge in [-0.2, -0.15) is 11.3 Å². The van der Waals surface area contributed by atoms with Crippen LogP contribution in [0.15, 0.2) is 39.8 Å². The lowest BCUT2D eigenvalue weighted by Gasteiger charge is -2.12. The Morgan fingerprint density at radius 3 is 2.71 bits per heavy atom. The summed E-state index contributed by atoms with van der Waals surface area (Å²) in [6.07, 6.45) is 0.627. The summed E-state index contributed by atoms with van der Waals surface area (Å²) in [5.74, 6) is -1.11. The summed E-state index contributed by atoms with van der Waals surface area (Å²) in [4.78, 5) is 38.8. The molecule has 0 atom stereocenters. The molecule has 2 aromatic heterocycles. The number of anilines is 1. The largest absolute Gasteiger partial charge is 0.365 e.